The fourth-order valence-electron chi connectivity index (χ4n) is 2.12. The van der Waals surface area contributed by atoms with Gasteiger partial charge >= 0.3 is 6.18 Å². The number of halogens is 4. The van der Waals surface area contributed by atoms with Crippen LogP contribution in [0.1, 0.15) is 21.5 Å². The lowest BCUT2D eigenvalue weighted by Gasteiger charge is -2.20. The Balaban J connectivity index is 2.24. The van der Waals surface area contributed by atoms with Crippen LogP contribution in [0.2, 0.25) is 5.02 Å². The van der Waals surface area contributed by atoms with Gasteiger partial charge in [0.1, 0.15) is 5.75 Å². The van der Waals surface area contributed by atoms with Crippen LogP contribution < -0.4 is 0 Å². The SMILES string of the molecule is CN(Cc1ccccc1C(F)(F)F)C(=O)c1ccc(O)c(Cl)c1. The predicted molar refractivity (Wildman–Crippen MR) is 80.4 cm³/mol. The lowest BCUT2D eigenvalue weighted by Crippen LogP contribution is -2.27. The molecular formula is C16H13ClF3NO2. The zero-order valence-electron chi connectivity index (χ0n) is 12.1. The molecule has 2 aromatic rings. The third kappa shape index (κ3) is 3.96. The Kier molecular flexibility index (Phi) is 4.85. The van der Waals surface area contributed by atoms with E-state index in [-0.39, 0.29) is 28.4 Å². The molecular weight excluding hydrogens is 331 g/mol. The molecule has 2 rings (SSSR count). The summed E-state index contributed by atoms with van der Waals surface area (Å²) in [6.45, 7) is -0.201. The van der Waals surface area contributed by atoms with Crippen LogP contribution in [-0.4, -0.2) is 23.0 Å². The average Bonchev–Trinajstić information content (AvgIpc) is 2.48. The first-order valence-electron chi connectivity index (χ1n) is 6.59. The minimum atomic E-state index is -4.48. The molecule has 1 N–H and O–H groups in total. The van der Waals surface area contributed by atoms with Crippen molar-refractivity contribution < 1.29 is 23.1 Å². The van der Waals surface area contributed by atoms with Crippen molar-refractivity contribution in [3.63, 3.8) is 0 Å². The summed E-state index contributed by atoms with van der Waals surface area (Å²) in [5, 5.41) is 9.34. The summed E-state index contributed by atoms with van der Waals surface area (Å²) in [5.74, 6) is -0.669. The molecule has 7 heteroatoms. The Morgan fingerprint density at radius 1 is 1.22 bits per heavy atom. The number of hydrogen-bond donors (Lipinski definition) is 1. The number of carbonyl (C=O) groups is 1. The van der Waals surface area contributed by atoms with E-state index in [4.69, 9.17) is 11.6 Å². The van der Waals surface area contributed by atoms with Gasteiger partial charge in [-0.3, -0.25) is 4.79 Å². The molecule has 0 aliphatic carbocycles. The van der Waals surface area contributed by atoms with Gasteiger partial charge in [-0.15, -0.1) is 0 Å². The van der Waals surface area contributed by atoms with Gasteiger partial charge in [0, 0.05) is 19.2 Å². The molecule has 0 spiro atoms. The van der Waals surface area contributed by atoms with Crippen molar-refractivity contribution in [2.45, 2.75) is 12.7 Å². The molecule has 0 aromatic heterocycles. The van der Waals surface area contributed by atoms with E-state index in [1.165, 1.54) is 43.4 Å². The van der Waals surface area contributed by atoms with E-state index in [1.807, 2.05) is 0 Å². The molecule has 0 saturated carbocycles. The second kappa shape index (κ2) is 6.50. The van der Waals surface area contributed by atoms with Crippen LogP contribution >= 0.6 is 11.6 Å². The molecule has 0 bridgehead atoms. The van der Waals surface area contributed by atoms with Crippen LogP contribution in [0.4, 0.5) is 13.2 Å². The molecule has 0 heterocycles. The van der Waals surface area contributed by atoms with Crippen LogP contribution in [0.25, 0.3) is 0 Å². The number of hydrogen-bond acceptors (Lipinski definition) is 2. The summed E-state index contributed by atoms with van der Waals surface area (Å²) in [5.41, 5.74) is -0.594. The highest BCUT2D eigenvalue weighted by Crippen LogP contribution is 2.32. The minimum absolute atomic E-state index is 0.0000540. The number of aromatic hydroxyl groups is 1. The number of nitrogens with zero attached hydrogens (tertiary/aromatic N) is 1. The second-order valence-corrected chi connectivity index (χ2v) is 5.39. The number of carbonyl (C=O) groups excluding carboxylic acids is 1. The molecule has 0 radical (unpaired) electrons. The quantitative estimate of drug-likeness (QED) is 0.900. The van der Waals surface area contributed by atoms with E-state index < -0.39 is 17.6 Å². The molecule has 0 unspecified atom stereocenters. The summed E-state index contributed by atoms with van der Waals surface area (Å²) in [7, 11) is 1.40. The normalized spacial score (nSPS) is 11.3. The summed E-state index contributed by atoms with van der Waals surface area (Å²) in [6, 6.07) is 8.98. The summed E-state index contributed by atoms with van der Waals surface area (Å²) >= 11 is 5.74. The summed E-state index contributed by atoms with van der Waals surface area (Å²) in [4.78, 5) is 13.4. The monoisotopic (exact) mass is 343 g/mol. The zero-order valence-corrected chi connectivity index (χ0v) is 12.8. The van der Waals surface area contributed by atoms with Gasteiger partial charge in [0.15, 0.2) is 0 Å². The molecule has 23 heavy (non-hydrogen) atoms. The number of alkyl halides is 3. The third-order valence-electron chi connectivity index (χ3n) is 3.27. The molecule has 0 fully saturated rings. The largest absolute Gasteiger partial charge is 0.506 e. The van der Waals surface area contributed by atoms with Crippen molar-refractivity contribution in [1.82, 2.24) is 4.90 Å². The van der Waals surface area contributed by atoms with E-state index >= 15 is 0 Å². The van der Waals surface area contributed by atoms with Gasteiger partial charge in [-0.25, -0.2) is 0 Å². The molecule has 122 valence electrons. The molecule has 0 atom stereocenters. The third-order valence-corrected chi connectivity index (χ3v) is 3.57. The van der Waals surface area contributed by atoms with E-state index in [0.717, 1.165) is 11.0 Å². The maximum Gasteiger partial charge on any atom is 0.416 e. The molecule has 0 saturated heterocycles. The Bertz CT molecular complexity index is 732. The maximum absolute atomic E-state index is 13.0. The molecule has 3 nitrogen and oxygen atoms in total. The second-order valence-electron chi connectivity index (χ2n) is 4.98. The van der Waals surface area contributed by atoms with E-state index in [9.17, 15) is 23.1 Å². The number of rotatable bonds is 3. The Morgan fingerprint density at radius 3 is 2.48 bits per heavy atom. The van der Waals surface area contributed by atoms with Crippen molar-refractivity contribution in [2.75, 3.05) is 7.05 Å². The number of phenols is 1. The molecule has 1 amide bonds. The van der Waals surface area contributed by atoms with E-state index in [2.05, 4.69) is 0 Å². The first kappa shape index (κ1) is 17.1. The Morgan fingerprint density at radius 2 is 1.87 bits per heavy atom. The van der Waals surface area contributed by atoms with Crippen molar-refractivity contribution in [2.24, 2.45) is 0 Å². The lowest BCUT2D eigenvalue weighted by atomic mass is 10.1. The van der Waals surface area contributed by atoms with Crippen LogP contribution in [0.5, 0.6) is 5.75 Å². The molecule has 2 aromatic carbocycles. The van der Waals surface area contributed by atoms with E-state index in [0.29, 0.717) is 0 Å². The van der Waals surface area contributed by atoms with Crippen LogP contribution in [0.15, 0.2) is 42.5 Å². The van der Waals surface area contributed by atoms with Crippen molar-refractivity contribution >= 4 is 17.5 Å². The molecule has 0 aliphatic heterocycles. The van der Waals surface area contributed by atoms with Gasteiger partial charge in [0.25, 0.3) is 5.91 Å². The highest BCUT2D eigenvalue weighted by atomic mass is 35.5. The Labute approximate surface area is 135 Å². The summed E-state index contributed by atoms with van der Waals surface area (Å²) in [6.07, 6.45) is -4.48. The van der Waals surface area contributed by atoms with Crippen molar-refractivity contribution in [3.8, 4) is 5.75 Å². The first-order chi connectivity index (χ1) is 10.7. The number of phenolic OH excluding ortho intramolecular Hbond substituents is 1. The number of amides is 1. The van der Waals surface area contributed by atoms with Crippen LogP contribution in [0.3, 0.4) is 0 Å². The van der Waals surface area contributed by atoms with Crippen molar-refractivity contribution in [3.05, 3.63) is 64.2 Å². The smallest absolute Gasteiger partial charge is 0.416 e. The van der Waals surface area contributed by atoms with Crippen molar-refractivity contribution in [1.29, 1.82) is 0 Å². The van der Waals surface area contributed by atoms with Crippen LogP contribution in [-0.2, 0) is 12.7 Å². The fourth-order valence-corrected chi connectivity index (χ4v) is 2.30. The Hall–Kier alpha value is -2.21. The van der Waals surface area contributed by atoms with Gasteiger partial charge in [-0.05, 0) is 29.8 Å². The van der Waals surface area contributed by atoms with Gasteiger partial charge in [-0.2, -0.15) is 13.2 Å². The highest BCUT2D eigenvalue weighted by Gasteiger charge is 2.33. The van der Waals surface area contributed by atoms with Gasteiger partial charge < -0.3 is 10.0 Å². The number of benzene rings is 2. The first-order valence-corrected chi connectivity index (χ1v) is 6.97. The van der Waals surface area contributed by atoms with Gasteiger partial charge in [-0.1, -0.05) is 29.8 Å². The lowest BCUT2D eigenvalue weighted by molar-refractivity contribution is -0.138. The minimum Gasteiger partial charge on any atom is -0.506 e. The van der Waals surface area contributed by atoms with E-state index in [1.54, 1.807) is 0 Å². The zero-order chi connectivity index (χ0) is 17.2. The van der Waals surface area contributed by atoms with Gasteiger partial charge in [0.05, 0.1) is 10.6 Å². The van der Waals surface area contributed by atoms with Gasteiger partial charge in [0.2, 0.25) is 0 Å². The molecule has 0 aliphatic rings. The standard InChI is InChI=1S/C16H13ClF3NO2/c1-21(15(23)10-6-7-14(22)13(17)8-10)9-11-4-2-3-5-12(11)16(18,19)20/h2-8,22H,9H2,1H3. The topological polar surface area (TPSA) is 40.5 Å². The van der Waals surface area contributed by atoms with Crippen LogP contribution in [0, 0.1) is 0 Å². The summed E-state index contributed by atoms with van der Waals surface area (Å²) < 4.78 is 38.9. The highest BCUT2D eigenvalue weighted by molar-refractivity contribution is 6.32. The average molecular weight is 344 g/mol. The fraction of sp³-hybridized carbons (Fsp3) is 0.188. The maximum atomic E-state index is 13.0. The predicted octanol–water partition coefficient (Wildman–Crippen LogP) is 4.34.